The number of anilines is 5. The van der Waals surface area contributed by atoms with Gasteiger partial charge >= 0.3 is 0 Å². The van der Waals surface area contributed by atoms with Crippen LogP contribution in [0.15, 0.2) is 48.5 Å². The van der Waals surface area contributed by atoms with Gasteiger partial charge < -0.3 is 25.2 Å². The Morgan fingerprint density at radius 3 is 2.46 bits per heavy atom. The molecule has 35 heavy (non-hydrogen) atoms. The Labute approximate surface area is 210 Å². The molecule has 0 saturated carbocycles. The highest BCUT2D eigenvalue weighted by atomic mass is 35.5. The number of piperazine rings is 1. The summed E-state index contributed by atoms with van der Waals surface area (Å²) in [6.45, 7) is 8.03. The van der Waals surface area contributed by atoms with Crippen LogP contribution < -0.4 is 20.4 Å². The van der Waals surface area contributed by atoms with Gasteiger partial charge in [0.2, 0.25) is 17.8 Å². The minimum absolute atomic E-state index is 0.204. The predicted molar refractivity (Wildman–Crippen MR) is 140 cm³/mol. The number of nitrogens with one attached hydrogen (secondary N) is 2. The molecule has 0 unspecified atom stereocenters. The normalized spacial score (nSPS) is 13.9. The number of ether oxygens (including phenoxy) is 1. The van der Waals surface area contributed by atoms with Crippen LogP contribution in [0, 0.1) is 5.82 Å². The van der Waals surface area contributed by atoms with Crippen LogP contribution in [0.5, 0.6) is 0 Å². The molecule has 1 aliphatic heterocycles. The lowest BCUT2D eigenvalue weighted by atomic mass is 10.2. The SMILES string of the molecule is CC(C)OCCCNc1nc(Nc2cccc(Cl)c2)nc(N2CCN(c3ccccc3F)CC2)n1. The zero-order valence-corrected chi connectivity index (χ0v) is 20.8. The molecule has 8 nitrogen and oxygen atoms in total. The van der Waals surface area contributed by atoms with Gasteiger partial charge in [0, 0.05) is 50.0 Å². The number of nitrogens with zero attached hydrogens (tertiary/aromatic N) is 5. The van der Waals surface area contributed by atoms with E-state index in [4.69, 9.17) is 16.3 Å². The Hall–Kier alpha value is -3.17. The summed E-state index contributed by atoms with van der Waals surface area (Å²) in [4.78, 5) is 18.0. The second-order valence-electron chi connectivity index (χ2n) is 8.54. The smallest absolute Gasteiger partial charge is 0.233 e. The fraction of sp³-hybridized carbons (Fsp3) is 0.400. The zero-order chi connectivity index (χ0) is 24.6. The Balaban J connectivity index is 1.47. The monoisotopic (exact) mass is 499 g/mol. The third-order valence-corrected chi connectivity index (χ3v) is 5.75. The van der Waals surface area contributed by atoms with E-state index in [0.29, 0.717) is 67.9 Å². The molecule has 10 heteroatoms. The lowest BCUT2D eigenvalue weighted by Crippen LogP contribution is -2.47. The van der Waals surface area contributed by atoms with Crippen molar-refractivity contribution in [2.75, 3.05) is 59.8 Å². The average molecular weight is 500 g/mol. The molecule has 4 rings (SSSR count). The number of hydrogen-bond acceptors (Lipinski definition) is 8. The molecule has 1 saturated heterocycles. The van der Waals surface area contributed by atoms with Gasteiger partial charge in [-0.15, -0.1) is 0 Å². The number of rotatable bonds is 10. The van der Waals surface area contributed by atoms with E-state index >= 15 is 0 Å². The highest BCUT2D eigenvalue weighted by molar-refractivity contribution is 6.30. The van der Waals surface area contributed by atoms with Gasteiger partial charge in [0.25, 0.3) is 0 Å². The first-order valence-electron chi connectivity index (χ1n) is 11.9. The second-order valence-corrected chi connectivity index (χ2v) is 8.98. The summed E-state index contributed by atoms with van der Waals surface area (Å²) in [6.07, 6.45) is 1.03. The van der Waals surface area contributed by atoms with Crippen LogP contribution in [-0.4, -0.2) is 60.4 Å². The Morgan fingerprint density at radius 1 is 0.971 bits per heavy atom. The maximum absolute atomic E-state index is 14.2. The molecule has 1 aromatic heterocycles. The van der Waals surface area contributed by atoms with Crippen molar-refractivity contribution < 1.29 is 9.13 Å². The van der Waals surface area contributed by atoms with Crippen molar-refractivity contribution in [1.29, 1.82) is 0 Å². The summed E-state index contributed by atoms with van der Waals surface area (Å²) < 4.78 is 19.8. The zero-order valence-electron chi connectivity index (χ0n) is 20.0. The van der Waals surface area contributed by atoms with Crippen molar-refractivity contribution in [1.82, 2.24) is 15.0 Å². The average Bonchev–Trinajstić information content (AvgIpc) is 2.84. The first kappa shape index (κ1) is 24.9. The summed E-state index contributed by atoms with van der Waals surface area (Å²) >= 11 is 6.13. The largest absolute Gasteiger partial charge is 0.379 e. The van der Waals surface area contributed by atoms with Crippen molar-refractivity contribution in [3.8, 4) is 0 Å². The molecule has 0 bridgehead atoms. The van der Waals surface area contributed by atoms with E-state index < -0.39 is 0 Å². The van der Waals surface area contributed by atoms with Crippen molar-refractivity contribution in [3.63, 3.8) is 0 Å². The van der Waals surface area contributed by atoms with Gasteiger partial charge in [-0.3, -0.25) is 0 Å². The number of halogens is 2. The van der Waals surface area contributed by atoms with Crippen molar-refractivity contribution in [3.05, 3.63) is 59.4 Å². The molecule has 2 heterocycles. The third kappa shape index (κ3) is 7.16. The topological polar surface area (TPSA) is 78.4 Å². The fourth-order valence-electron chi connectivity index (χ4n) is 3.78. The molecular formula is C25H31ClFN7O. The number of aromatic nitrogens is 3. The van der Waals surface area contributed by atoms with Crippen molar-refractivity contribution >= 4 is 40.8 Å². The Kier molecular flexibility index (Phi) is 8.54. The molecule has 0 atom stereocenters. The number of benzene rings is 2. The summed E-state index contributed by atoms with van der Waals surface area (Å²) in [7, 11) is 0. The van der Waals surface area contributed by atoms with Crippen LogP contribution in [0.25, 0.3) is 0 Å². The van der Waals surface area contributed by atoms with Gasteiger partial charge in [-0.05, 0) is 50.6 Å². The summed E-state index contributed by atoms with van der Waals surface area (Å²) in [5.41, 5.74) is 1.41. The van der Waals surface area contributed by atoms with Crippen LogP contribution in [0.4, 0.5) is 33.6 Å². The van der Waals surface area contributed by atoms with Gasteiger partial charge in [0.05, 0.1) is 11.8 Å². The molecule has 186 valence electrons. The standard InChI is InChI=1S/C25H31ClFN7O/c1-18(2)35-16-6-11-28-23-30-24(29-20-8-5-7-19(26)17-20)32-25(31-23)34-14-12-33(13-15-34)22-10-4-3-9-21(22)27/h3-5,7-10,17-18H,6,11-16H2,1-2H3,(H2,28,29,30,31,32). The molecule has 0 aliphatic carbocycles. The van der Waals surface area contributed by atoms with Gasteiger partial charge in [-0.2, -0.15) is 15.0 Å². The highest BCUT2D eigenvalue weighted by Crippen LogP contribution is 2.24. The maximum atomic E-state index is 14.2. The molecule has 0 radical (unpaired) electrons. The minimum Gasteiger partial charge on any atom is -0.379 e. The van der Waals surface area contributed by atoms with Crippen LogP contribution >= 0.6 is 11.6 Å². The molecular weight excluding hydrogens is 469 g/mol. The summed E-state index contributed by atoms with van der Waals surface area (Å²) in [5.74, 6) is 1.27. The van der Waals surface area contributed by atoms with E-state index in [1.807, 2.05) is 55.1 Å². The Morgan fingerprint density at radius 2 is 1.71 bits per heavy atom. The quantitative estimate of drug-likeness (QED) is 0.379. The van der Waals surface area contributed by atoms with Crippen LogP contribution in [-0.2, 0) is 4.74 Å². The third-order valence-electron chi connectivity index (χ3n) is 5.52. The molecule has 1 aliphatic rings. The fourth-order valence-corrected chi connectivity index (χ4v) is 3.97. The van der Waals surface area contributed by atoms with E-state index in [2.05, 4.69) is 30.5 Å². The van der Waals surface area contributed by atoms with E-state index in [0.717, 1.165) is 12.1 Å². The van der Waals surface area contributed by atoms with Gasteiger partial charge in [-0.1, -0.05) is 29.8 Å². The van der Waals surface area contributed by atoms with Gasteiger partial charge in [-0.25, -0.2) is 4.39 Å². The molecule has 2 N–H and O–H groups in total. The first-order chi connectivity index (χ1) is 17.0. The molecule has 3 aromatic rings. The molecule has 1 fully saturated rings. The van der Waals surface area contributed by atoms with Gasteiger partial charge in [0.15, 0.2) is 0 Å². The predicted octanol–water partition coefficient (Wildman–Crippen LogP) is 4.96. The van der Waals surface area contributed by atoms with Gasteiger partial charge in [0.1, 0.15) is 5.82 Å². The lowest BCUT2D eigenvalue weighted by Gasteiger charge is -2.36. The minimum atomic E-state index is -0.206. The van der Waals surface area contributed by atoms with Crippen LogP contribution in [0.1, 0.15) is 20.3 Å². The van der Waals surface area contributed by atoms with Crippen LogP contribution in [0.2, 0.25) is 5.02 Å². The van der Waals surface area contributed by atoms with E-state index in [9.17, 15) is 4.39 Å². The van der Waals surface area contributed by atoms with E-state index in [1.165, 1.54) is 6.07 Å². The second kappa shape index (κ2) is 12.0. The van der Waals surface area contributed by atoms with E-state index in [1.54, 1.807) is 6.07 Å². The molecule has 0 spiro atoms. The molecule has 0 amide bonds. The van der Waals surface area contributed by atoms with Crippen LogP contribution in [0.3, 0.4) is 0 Å². The maximum Gasteiger partial charge on any atom is 0.233 e. The van der Waals surface area contributed by atoms with Crippen molar-refractivity contribution in [2.45, 2.75) is 26.4 Å². The summed E-state index contributed by atoms with van der Waals surface area (Å²) in [5, 5.41) is 7.13. The van der Waals surface area contributed by atoms with E-state index in [-0.39, 0.29) is 11.9 Å². The summed E-state index contributed by atoms with van der Waals surface area (Å²) in [6, 6.07) is 14.3. The Bertz CT molecular complexity index is 1110. The molecule has 2 aromatic carbocycles. The van der Waals surface area contributed by atoms with Crippen molar-refractivity contribution in [2.24, 2.45) is 0 Å². The first-order valence-corrected chi connectivity index (χ1v) is 12.2. The lowest BCUT2D eigenvalue weighted by molar-refractivity contribution is 0.0787. The number of hydrogen-bond donors (Lipinski definition) is 2. The highest BCUT2D eigenvalue weighted by Gasteiger charge is 2.22. The number of para-hydroxylation sites is 1.